The Balaban J connectivity index is 3.30. The first-order chi connectivity index (χ1) is 36.0. The molecule has 6 heteroatoms. The van der Waals surface area contributed by atoms with Crippen LogP contribution in [-0.2, 0) is 14.3 Å². The van der Waals surface area contributed by atoms with Gasteiger partial charge in [0.15, 0.2) is 0 Å². The zero-order chi connectivity index (χ0) is 52.9. The number of rotatable bonds is 63. The molecule has 0 saturated carbocycles. The van der Waals surface area contributed by atoms with Crippen LogP contribution in [0, 0.1) is 0 Å². The number of aliphatic hydroxyl groups is 2. The Morgan fingerprint density at radius 2 is 0.658 bits per heavy atom. The van der Waals surface area contributed by atoms with Gasteiger partial charge in [-0.25, -0.2) is 0 Å². The van der Waals surface area contributed by atoms with Crippen molar-refractivity contribution in [3.05, 3.63) is 12.2 Å². The van der Waals surface area contributed by atoms with Crippen LogP contribution in [0.15, 0.2) is 12.2 Å². The number of unbranched alkanes of at least 4 members (excludes halogenated alkanes) is 50. The second-order valence-electron chi connectivity index (χ2n) is 23.2. The van der Waals surface area contributed by atoms with Crippen LogP contribution in [0.3, 0.4) is 0 Å². The van der Waals surface area contributed by atoms with Crippen molar-refractivity contribution in [2.75, 3.05) is 13.2 Å². The number of ether oxygens (including phenoxy) is 1. The summed E-state index contributed by atoms with van der Waals surface area (Å²) in [5, 5.41) is 23.3. The van der Waals surface area contributed by atoms with Gasteiger partial charge >= 0.3 is 5.97 Å². The number of hydrogen-bond acceptors (Lipinski definition) is 5. The fraction of sp³-hybridized carbons (Fsp3) is 0.940. The molecule has 1 amide bonds. The van der Waals surface area contributed by atoms with Gasteiger partial charge in [-0.2, -0.15) is 0 Å². The van der Waals surface area contributed by atoms with Crippen molar-refractivity contribution >= 4 is 11.9 Å². The van der Waals surface area contributed by atoms with Crippen molar-refractivity contribution in [2.45, 2.75) is 392 Å². The van der Waals surface area contributed by atoms with Gasteiger partial charge in [-0.15, -0.1) is 0 Å². The molecule has 0 aromatic carbocycles. The molecule has 0 radical (unpaired) electrons. The third-order valence-corrected chi connectivity index (χ3v) is 15.8. The lowest BCUT2D eigenvalue weighted by Crippen LogP contribution is -2.45. The van der Waals surface area contributed by atoms with Gasteiger partial charge < -0.3 is 20.3 Å². The number of nitrogens with one attached hydrogen (secondary N) is 1. The quantitative estimate of drug-likeness (QED) is 0.0320. The molecule has 3 N–H and O–H groups in total. The fourth-order valence-corrected chi connectivity index (χ4v) is 10.7. The molecule has 0 aliphatic heterocycles. The molecule has 0 heterocycles. The van der Waals surface area contributed by atoms with Crippen LogP contribution in [0.2, 0.25) is 0 Å². The second-order valence-corrected chi connectivity index (χ2v) is 23.2. The second kappa shape index (κ2) is 63.1. The van der Waals surface area contributed by atoms with Gasteiger partial charge in [0.1, 0.15) is 0 Å². The first kappa shape index (κ1) is 71.6. The molecule has 0 spiro atoms. The molecular formula is C67H131NO5. The van der Waals surface area contributed by atoms with Crippen molar-refractivity contribution in [3.8, 4) is 0 Å². The number of carbonyl (C=O) groups is 2. The Kier molecular flexibility index (Phi) is 61.9. The number of esters is 1. The number of carbonyl (C=O) groups excluding carboxylic acids is 2. The van der Waals surface area contributed by atoms with E-state index in [0.717, 1.165) is 44.9 Å². The van der Waals surface area contributed by atoms with E-state index in [4.69, 9.17) is 4.74 Å². The third-order valence-electron chi connectivity index (χ3n) is 15.8. The van der Waals surface area contributed by atoms with Crippen LogP contribution in [0.4, 0.5) is 0 Å². The van der Waals surface area contributed by atoms with E-state index in [1.54, 1.807) is 0 Å². The zero-order valence-electron chi connectivity index (χ0n) is 49.6. The maximum absolute atomic E-state index is 12.5. The Hall–Kier alpha value is -1.40. The minimum Gasteiger partial charge on any atom is -0.466 e. The first-order valence-corrected chi connectivity index (χ1v) is 33.4. The van der Waals surface area contributed by atoms with Crippen LogP contribution in [0.25, 0.3) is 0 Å². The number of hydrogen-bond donors (Lipinski definition) is 3. The lowest BCUT2D eigenvalue weighted by molar-refractivity contribution is -0.143. The Morgan fingerprint density at radius 1 is 0.370 bits per heavy atom. The Labute approximate surface area is 457 Å². The molecule has 0 aliphatic rings. The van der Waals surface area contributed by atoms with Crippen LogP contribution in [-0.4, -0.2) is 47.4 Å². The van der Waals surface area contributed by atoms with Crippen molar-refractivity contribution in [3.63, 3.8) is 0 Å². The summed E-state index contributed by atoms with van der Waals surface area (Å²) in [6.07, 6.45) is 76.9. The minimum atomic E-state index is -0.659. The van der Waals surface area contributed by atoms with Gasteiger partial charge in [-0.05, 0) is 44.9 Å². The SMILES string of the molecule is CCCC/C=C\CCCCCCCC(=O)OCCCCCCCCCCCCCCCCCCCCCCCCCCCCCCCCCCC(=O)NC(CO)C(O)CCCCCCCCCCCCCCC. The highest BCUT2D eigenvalue weighted by atomic mass is 16.5. The van der Waals surface area contributed by atoms with E-state index in [2.05, 4.69) is 31.3 Å². The topological polar surface area (TPSA) is 95.9 Å². The average molecular weight is 1030 g/mol. The molecule has 0 aliphatic carbocycles. The summed E-state index contributed by atoms with van der Waals surface area (Å²) in [4.78, 5) is 24.5. The lowest BCUT2D eigenvalue weighted by Gasteiger charge is -2.22. The molecule has 6 nitrogen and oxygen atoms in total. The predicted octanol–water partition coefficient (Wildman–Crippen LogP) is 21.2. The summed E-state index contributed by atoms with van der Waals surface area (Å²) in [7, 11) is 0. The van der Waals surface area contributed by atoms with Crippen LogP contribution >= 0.6 is 0 Å². The Morgan fingerprint density at radius 3 is 1.01 bits per heavy atom. The monoisotopic (exact) mass is 1030 g/mol. The van der Waals surface area contributed by atoms with Gasteiger partial charge in [-0.1, -0.05) is 334 Å². The molecule has 0 bridgehead atoms. The number of allylic oxidation sites excluding steroid dienone is 2. The summed E-state index contributed by atoms with van der Waals surface area (Å²) >= 11 is 0. The van der Waals surface area contributed by atoms with E-state index in [-0.39, 0.29) is 18.5 Å². The molecule has 0 saturated heterocycles. The maximum Gasteiger partial charge on any atom is 0.305 e. The highest BCUT2D eigenvalue weighted by Crippen LogP contribution is 2.19. The summed E-state index contributed by atoms with van der Waals surface area (Å²) in [6.45, 7) is 4.94. The van der Waals surface area contributed by atoms with E-state index < -0.39 is 12.1 Å². The molecule has 0 fully saturated rings. The average Bonchev–Trinajstić information content (AvgIpc) is 3.39. The number of amides is 1. The number of aliphatic hydroxyl groups excluding tert-OH is 2. The fourth-order valence-electron chi connectivity index (χ4n) is 10.7. The standard InChI is InChI=1S/C67H131NO5/c1-3-5-7-9-11-13-15-36-40-43-47-51-55-59-65(70)64(63-69)68-66(71)60-56-52-48-44-41-37-34-32-30-28-26-24-22-20-18-16-17-19-21-23-25-27-29-31-33-35-38-42-46-50-54-58-62-73-67(72)61-57-53-49-45-39-14-12-10-8-6-4-2/h10,12,64-65,69-70H,3-9,11,13-63H2,1-2H3,(H,68,71)/b12-10-. The maximum atomic E-state index is 12.5. The largest absolute Gasteiger partial charge is 0.466 e. The lowest BCUT2D eigenvalue weighted by atomic mass is 10.0. The minimum absolute atomic E-state index is 0.0106. The molecule has 2 atom stereocenters. The smallest absolute Gasteiger partial charge is 0.305 e. The molecule has 73 heavy (non-hydrogen) atoms. The molecule has 0 aromatic heterocycles. The highest BCUT2D eigenvalue weighted by Gasteiger charge is 2.20. The zero-order valence-corrected chi connectivity index (χ0v) is 49.6. The molecule has 0 aromatic rings. The van der Waals surface area contributed by atoms with Crippen LogP contribution in [0.5, 0.6) is 0 Å². The normalized spacial score (nSPS) is 12.5. The van der Waals surface area contributed by atoms with Gasteiger partial charge in [0.05, 0.1) is 25.4 Å². The van der Waals surface area contributed by atoms with E-state index >= 15 is 0 Å². The van der Waals surface area contributed by atoms with Gasteiger partial charge in [-0.3, -0.25) is 9.59 Å². The van der Waals surface area contributed by atoms with Crippen molar-refractivity contribution in [2.24, 2.45) is 0 Å². The van der Waals surface area contributed by atoms with Gasteiger partial charge in [0.2, 0.25) is 5.91 Å². The molecule has 434 valence electrons. The van der Waals surface area contributed by atoms with Crippen LogP contribution in [0.1, 0.15) is 380 Å². The van der Waals surface area contributed by atoms with Gasteiger partial charge in [0, 0.05) is 12.8 Å². The van der Waals surface area contributed by atoms with Crippen LogP contribution < -0.4 is 5.32 Å². The van der Waals surface area contributed by atoms with E-state index in [1.807, 2.05) is 0 Å². The van der Waals surface area contributed by atoms with E-state index in [9.17, 15) is 19.8 Å². The molecular weight excluding hydrogens is 899 g/mol. The highest BCUT2D eigenvalue weighted by molar-refractivity contribution is 5.76. The van der Waals surface area contributed by atoms with Crippen molar-refractivity contribution in [1.29, 1.82) is 0 Å². The molecule has 0 rings (SSSR count). The summed E-state index contributed by atoms with van der Waals surface area (Å²) in [5.41, 5.74) is 0. The first-order valence-electron chi connectivity index (χ1n) is 33.4. The summed E-state index contributed by atoms with van der Waals surface area (Å²) in [5.74, 6) is -0.0177. The van der Waals surface area contributed by atoms with Gasteiger partial charge in [0.25, 0.3) is 0 Å². The summed E-state index contributed by atoms with van der Waals surface area (Å²) in [6, 6.07) is -0.536. The van der Waals surface area contributed by atoms with Crippen molar-refractivity contribution in [1.82, 2.24) is 5.32 Å². The predicted molar refractivity (Wildman–Crippen MR) is 320 cm³/mol. The molecule has 2 unspecified atom stereocenters. The summed E-state index contributed by atoms with van der Waals surface area (Å²) < 4.78 is 5.47. The third kappa shape index (κ3) is 59.7. The van der Waals surface area contributed by atoms with E-state index in [0.29, 0.717) is 25.9 Å². The van der Waals surface area contributed by atoms with Crippen molar-refractivity contribution < 1.29 is 24.5 Å². The Bertz CT molecular complexity index is 1100. The van der Waals surface area contributed by atoms with E-state index in [1.165, 1.54) is 302 Å².